The van der Waals surface area contributed by atoms with Gasteiger partial charge in [-0.1, -0.05) is 67.6 Å². The first kappa shape index (κ1) is 16.7. The van der Waals surface area contributed by atoms with E-state index < -0.39 is 0 Å². The van der Waals surface area contributed by atoms with Crippen LogP contribution in [0.4, 0.5) is 0 Å². The highest BCUT2D eigenvalue weighted by Gasteiger charge is 2.12. The van der Waals surface area contributed by atoms with Gasteiger partial charge in [-0.15, -0.1) is 0 Å². The van der Waals surface area contributed by atoms with Gasteiger partial charge in [0.2, 0.25) is 0 Å². The Morgan fingerprint density at radius 3 is 2.00 bits per heavy atom. The molecule has 22 heavy (non-hydrogen) atoms. The lowest BCUT2D eigenvalue weighted by Gasteiger charge is -2.27. The van der Waals surface area contributed by atoms with Gasteiger partial charge in [0.25, 0.3) is 0 Å². The summed E-state index contributed by atoms with van der Waals surface area (Å²) in [5.41, 5.74) is 2.81. The Hall–Kier alpha value is -1.64. The van der Waals surface area contributed by atoms with Gasteiger partial charge in [-0.2, -0.15) is 0 Å². The minimum atomic E-state index is 0.548. The molecule has 2 nitrogen and oxygen atoms in total. The van der Waals surface area contributed by atoms with E-state index in [1.807, 2.05) is 0 Å². The van der Waals surface area contributed by atoms with Crippen molar-refractivity contribution in [1.29, 1.82) is 0 Å². The molecule has 0 heterocycles. The lowest BCUT2D eigenvalue weighted by atomic mass is 10.0. The Kier molecular flexibility index (Phi) is 6.63. The van der Waals surface area contributed by atoms with Crippen molar-refractivity contribution in [3.8, 4) is 0 Å². The monoisotopic (exact) mass is 296 g/mol. The van der Waals surface area contributed by atoms with Crippen molar-refractivity contribution < 1.29 is 0 Å². The average Bonchev–Trinajstić information content (AvgIpc) is 2.54. The van der Waals surface area contributed by atoms with E-state index in [1.165, 1.54) is 11.1 Å². The molecule has 118 valence electrons. The van der Waals surface area contributed by atoms with E-state index >= 15 is 0 Å². The van der Waals surface area contributed by atoms with Crippen LogP contribution in [0.5, 0.6) is 0 Å². The molecule has 0 N–H and O–H groups in total. The maximum atomic E-state index is 2.56. The average molecular weight is 296 g/mol. The molecule has 0 aliphatic rings. The number of hydrogen-bond acceptors (Lipinski definition) is 2. The van der Waals surface area contributed by atoms with Gasteiger partial charge in [0.1, 0.15) is 0 Å². The molecule has 0 unspecified atom stereocenters. The predicted octanol–water partition coefficient (Wildman–Crippen LogP) is 3.85. The van der Waals surface area contributed by atoms with Crippen molar-refractivity contribution in [3.05, 3.63) is 71.8 Å². The van der Waals surface area contributed by atoms with Crippen LogP contribution >= 0.6 is 0 Å². The van der Waals surface area contributed by atoms with Gasteiger partial charge in [-0.3, -0.25) is 4.90 Å². The number of benzene rings is 2. The van der Waals surface area contributed by atoms with E-state index in [9.17, 15) is 0 Å². The van der Waals surface area contributed by atoms with Gasteiger partial charge < -0.3 is 4.90 Å². The van der Waals surface area contributed by atoms with Crippen molar-refractivity contribution in [2.75, 3.05) is 33.7 Å². The number of rotatable bonds is 8. The van der Waals surface area contributed by atoms with Gasteiger partial charge in [-0.25, -0.2) is 0 Å². The van der Waals surface area contributed by atoms with E-state index in [0.29, 0.717) is 5.92 Å². The van der Waals surface area contributed by atoms with Crippen LogP contribution in [0.25, 0.3) is 0 Å². The summed E-state index contributed by atoms with van der Waals surface area (Å²) in [7, 11) is 4.28. The summed E-state index contributed by atoms with van der Waals surface area (Å²) < 4.78 is 0. The lowest BCUT2D eigenvalue weighted by molar-refractivity contribution is 0.224. The highest BCUT2D eigenvalue weighted by atomic mass is 15.2. The van der Waals surface area contributed by atoms with Crippen molar-refractivity contribution in [2.45, 2.75) is 19.4 Å². The molecule has 0 saturated carbocycles. The zero-order chi connectivity index (χ0) is 15.8. The third-order valence-electron chi connectivity index (χ3n) is 4.01. The maximum Gasteiger partial charge on any atom is 0.0234 e. The van der Waals surface area contributed by atoms with Gasteiger partial charge in [0.05, 0.1) is 0 Å². The Morgan fingerprint density at radius 2 is 1.41 bits per heavy atom. The molecule has 2 rings (SSSR count). The van der Waals surface area contributed by atoms with Crippen molar-refractivity contribution in [3.63, 3.8) is 0 Å². The quantitative estimate of drug-likeness (QED) is 0.730. The molecule has 0 aliphatic heterocycles. The maximum absolute atomic E-state index is 2.56. The smallest absolute Gasteiger partial charge is 0.0234 e. The van der Waals surface area contributed by atoms with Gasteiger partial charge in [0.15, 0.2) is 0 Å². The second-order valence-corrected chi connectivity index (χ2v) is 6.34. The molecular formula is C20H28N2. The van der Waals surface area contributed by atoms with E-state index in [-0.39, 0.29) is 0 Å². The molecule has 0 fully saturated rings. The largest absolute Gasteiger partial charge is 0.308 e. The molecule has 2 aromatic rings. The first-order valence-electron chi connectivity index (χ1n) is 8.11. The van der Waals surface area contributed by atoms with Crippen molar-refractivity contribution >= 4 is 0 Å². The summed E-state index contributed by atoms with van der Waals surface area (Å²) in [6.07, 6.45) is 0. The van der Waals surface area contributed by atoms with Crippen LogP contribution in [-0.2, 0) is 6.54 Å². The minimum absolute atomic E-state index is 0.548. The van der Waals surface area contributed by atoms with Crippen LogP contribution in [0.2, 0.25) is 0 Å². The fourth-order valence-corrected chi connectivity index (χ4v) is 2.69. The summed E-state index contributed by atoms with van der Waals surface area (Å²) in [6.45, 7) is 6.62. The molecule has 0 radical (unpaired) electrons. The Balaban J connectivity index is 2.00. The van der Waals surface area contributed by atoms with Crippen LogP contribution in [0.15, 0.2) is 60.7 Å². The van der Waals surface area contributed by atoms with Crippen molar-refractivity contribution in [2.24, 2.45) is 0 Å². The van der Waals surface area contributed by atoms with E-state index in [2.05, 4.69) is 91.5 Å². The summed E-state index contributed by atoms with van der Waals surface area (Å²) in [5.74, 6) is 0.548. The van der Waals surface area contributed by atoms with Gasteiger partial charge >= 0.3 is 0 Å². The Labute approximate surface area is 135 Å². The molecule has 0 aliphatic carbocycles. The van der Waals surface area contributed by atoms with Crippen LogP contribution < -0.4 is 0 Å². The van der Waals surface area contributed by atoms with Crippen molar-refractivity contribution in [1.82, 2.24) is 9.80 Å². The van der Waals surface area contributed by atoms with Crippen LogP contribution in [0, 0.1) is 0 Å². The molecule has 2 heteroatoms. The third kappa shape index (κ3) is 5.63. The number of likely N-dealkylation sites (N-methyl/N-ethyl adjacent to an activating group) is 1. The summed E-state index contributed by atoms with van der Waals surface area (Å²) in [5, 5.41) is 0. The molecule has 1 atom stereocenters. The topological polar surface area (TPSA) is 6.48 Å². The second-order valence-electron chi connectivity index (χ2n) is 6.34. The first-order chi connectivity index (χ1) is 10.6. The van der Waals surface area contributed by atoms with Crippen LogP contribution in [-0.4, -0.2) is 43.5 Å². The number of hydrogen-bond donors (Lipinski definition) is 0. The first-order valence-corrected chi connectivity index (χ1v) is 8.11. The lowest BCUT2D eigenvalue weighted by Crippen LogP contribution is -2.34. The predicted molar refractivity (Wildman–Crippen MR) is 95.1 cm³/mol. The SMILES string of the molecule is C[C@@H](CN(CCN(C)C)Cc1ccccc1)c1ccccc1. The van der Waals surface area contributed by atoms with E-state index in [4.69, 9.17) is 0 Å². The highest BCUT2D eigenvalue weighted by Crippen LogP contribution is 2.17. The zero-order valence-corrected chi connectivity index (χ0v) is 14.1. The molecular weight excluding hydrogens is 268 g/mol. The Morgan fingerprint density at radius 1 is 0.818 bits per heavy atom. The number of nitrogens with zero attached hydrogens (tertiary/aromatic N) is 2. The zero-order valence-electron chi connectivity index (χ0n) is 14.1. The molecule has 2 aromatic carbocycles. The third-order valence-corrected chi connectivity index (χ3v) is 4.01. The van der Waals surface area contributed by atoms with Gasteiger partial charge in [0, 0.05) is 26.2 Å². The summed E-state index contributed by atoms with van der Waals surface area (Å²) >= 11 is 0. The summed E-state index contributed by atoms with van der Waals surface area (Å²) in [6, 6.07) is 21.6. The molecule has 0 spiro atoms. The molecule has 0 amide bonds. The second kappa shape index (κ2) is 8.72. The molecule has 0 aromatic heterocycles. The minimum Gasteiger partial charge on any atom is -0.308 e. The molecule has 0 saturated heterocycles. The fraction of sp³-hybridized carbons (Fsp3) is 0.400. The van der Waals surface area contributed by atoms with Gasteiger partial charge in [-0.05, 0) is 31.1 Å². The summed E-state index contributed by atoms with van der Waals surface area (Å²) in [4.78, 5) is 4.82. The van der Waals surface area contributed by atoms with E-state index in [0.717, 1.165) is 26.2 Å². The highest BCUT2D eigenvalue weighted by molar-refractivity contribution is 5.19. The van der Waals surface area contributed by atoms with Crippen LogP contribution in [0.3, 0.4) is 0 Å². The van der Waals surface area contributed by atoms with Crippen LogP contribution in [0.1, 0.15) is 24.0 Å². The fourth-order valence-electron chi connectivity index (χ4n) is 2.69. The van der Waals surface area contributed by atoms with E-state index in [1.54, 1.807) is 0 Å². The molecule has 0 bridgehead atoms. The standard InChI is InChI=1S/C20H28N2/c1-18(20-12-8-5-9-13-20)16-22(15-14-21(2)3)17-19-10-6-4-7-11-19/h4-13,18H,14-17H2,1-3H3/t18-/m0/s1. The normalized spacial score (nSPS) is 12.8. The Bertz CT molecular complexity index is 522.